The minimum absolute atomic E-state index is 0.0391. The maximum atomic E-state index is 13.1. The number of carbonyl (C=O) groups excluding carboxylic acids is 11. The fraction of sp³-hybridized carbons (Fsp3) is 0.405. The maximum Gasteiger partial charge on any atom is 0.415 e. The average molecular weight is 1620 g/mol. The molecule has 618 valence electrons. The SMILES string of the molecule is O=C(Oc1ccc(OC(=O)N2CCNCC2)cc1)c1ccc(OC(=O)N2CCN(C(=O)OCCOCCC(=O)N3CCN(C(=O)Oc4ccc(N=Nc5ccc(OC(=O)N6CCN(C(=O)OCCOCCC(=O)N7CCN(C(=O)Oc8ccc(N=Nc9ccc(OC(=O)N%10CCNCC%10)cc9)cc8)CC7)CC6)cc5)cc4)CC3)CC2)cc1. The number of hydrogen-bond acceptors (Lipinski definition) is 28. The van der Waals surface area contributed by atoms with Crippen LogP contribution in [-0.4, -0.2) is 312 Å². The number of piperazine rings is 6. The zero-order chi connectivity index (χ0) is 81.7. The number of nitrogens with zero attached hydrogens (tertiary/aromatic N) is 14. The van der Waals surface area contributed by atoms with E-state index in [0.29, 0.717) is 105 Å². The molecule has 0 bridgehead atoms. The van der Waals surface area contributed by atoms with Crippen molar-refractivity contribution in [2.45, 2.75) is 12.8 Å². The second-order valence-electron chi connectivity index (χ2n) is 27.1. The lowest BCUT2D eigenvalue weighted by molar-refractivity contribution is -0.134. The number of rotatable bonds is 24. The van der Waals surface area contributed by atoms with Gasteiger partial charge in [-0.3, -0.25) is 9.59 Å². The van der Waals surface area contributed by atoms with Crippen molar-refractivity contribution in [1.29, 1.82) is 0 Å². The lowest BCUT2D eigenvalue weighted by atomic mass is 10.2. The molecule has 0 radical (unpaired) electrons. The van der Waals surface area contributed by atoms with E-state index in [2.05, 4.69) is 31.1 Å². The minimum Gasteiger partial charge on any atom is -0.447 e. The third-order valence-electron chi connectivity index (χ3n) is 19.2. The molecule has 0 atom stereocenters. The van der Waals surface area contributed by atoms with Gasteiger partial charge in [-0.1, -0.05) is 0 Å². The molecule has 6 aromatic carbocycles. The van der Waals surface area contributed by atoms with E-state index < -0.39 is 54.7 Å². The Hall–Kier alpha value is -13.1. The molecule has 6 fully saturated rings. The Morgan fingerprint density at radius 3 is 0.718 bits per heavy atom. The number of carbonyl (C=O) groups is 11. The zero-order valence-electron chi connectivity index (χ0n) is 64.2. The number of benzene rings is 6. The Morgan fingerprint density at radius 2 is 0.453 bits per heavy atom. The molecular formula is C79H90N16O22. The van der Waals surface area contributed by atoms with Gasteiger partial charge in [0, 0.05) is 157 Å². The van der Waals surface area contributed by atoms with Crippen molar-refractivity contribution in [3.63, 3.8) is 0 Å². The van der Waals surface area contributed by atoms with Gasteiger partial charge in [-0.25, -0.2) is 43.2 Å². The Balaban J connectivity index is 0.443. The summed E-state index contributed by atoms with van der Waals surface area (Å²) in [6.45, 7) is 9.27. The van der Waals surface area contributed by atoms with Crippen LogP contribution in [0.2, 0.25) is 0 Å². The Kier molecular flexibility index (Phi) is 30.2. The Bertz CT molecular complexity index is 4430. The van der Waals surface area contributed by atoms with E-state index >= 15 is 0 Å². The summed E-state index contributed by atoms with van der Waals surface area (Å²) in [5.41, 5.74) is 2.24. The second-order valence-corrected chi connectivity index (χ2v) is 27.1. The number of hydrogen-bond donors (Lipinski definition) is 2. The molecule has 6 aliphatic heterocycles. The summed E-state index contributed by atoms with van der Waals surface area (Å²) >= 11 is 0. The largest absolute Gasteiger partial charge is 0.447 e. The van der Waals surface area contributed by atoms with Crippen molar-refractivity contribution in [2.24, 2.45) is 20.5 Å². The van der Waals surface area contributed by atoms with Crippen LogP contribution in [0, 0.1) is 0 Å². The minimum atomic E-state index is -0.646. The van der Waals surface area contributed by atoms with Crippen LogP contribution in [0.25, 0.3) is 0 Å². The zero-order valence-corrected chi connectivity index (χ0v) is 64.2. The Morgan fingerprint density at radius 1 is 0.239 bits per heavy atom. The van der Waals surface area contributed by atoms with E-state index in [4.69, 9.17) is 52.1 Å². The molecule has 38 heteroatoms. The first kappa shape index (κ1) is 83.4. The van der Waals surface area contributed by atoms with Gasteiger partial charge in [-0.05, 0) is 146 Å². The van der Waals surface area contributed by atoms with Crippen molar-refractivity contribution in [1.82, 2.24) is 59.6 Å². The molecule has 12 rings (SSSR count). The van der Waals surface area contributed by atoms with E-state index in [1.54, 1.807) is 117 Å². The highest BCUT2D eigenvalue weighted by atomic mass is 16.6. The van der Waals surface area contributed by atoms with E-state index in [0.717, 1.165) is 13.1 Å². The van der Waals surface area contributed by atoms with Gasteiger partial charge in [0.2, 0.25) is 11.8 Å². The molecule has 6 heterocycles. The molecule has 0 saturated carbocycles. The first-order chi connectivity index (χ1) is 57.0. The lowest BCUT2D eigenvalue weighted by Gasteiger charge is -2.34. The van der Waals surface area contributed by atoms with Gasteiger partial charge in [0.15, 0.2) is 0 Å². The quantitative estimate of drug-likeness (QED) is 0.0248. The van der Waals surface area contributed by atoms with Gasteiger partial charge < -0.3 is 112 Å². The average Bonchev–Trinajstić information content (AvgIpc) is 0.858. The van der Waals surface area contributed by atoms with E-state index in [-0.39, 0.29) is 171 Å². The molecule has 6 aliphatic rings. The Labute approximate surface area is 672 Å². The van der Waals surface area contributed by atoms with E-state index in [1.807, 2.05) is 0 Å². The van der Waals surface area contributed by atoms with Crippen LogP contribution >= 0.6 is 0 Å². The molecule has 0 unspecified atom stereocenters. The van der Waals surface area contributed by atoms with Crippen LogP contribution in [0.3, 0.4) is 0 Å². The summed E-state index contributed by atoms with van der Waals surface area (Å²) in [4.78, 5) is 157. The lowest BCUT2D eigenvalue weighted by Crippen LogP contribution is -2.51. The van der Waals surface area contributed by atoms with Crippen molar-refractivity contribution < 1.29 is 105 Å². The monoisotopic (exact) mass is 1610 g/mol. The first-order valence-corrected chi connectivity index (χ1v) is 38.4. The van der Waals surface area contributed by atoms with Crippen LogP contribution in [0.1, 0.15) is 23.2 Å². The molecule has 0 aromatic heterocycles. The molecule has 0 spiro atoms. The standard InChI is InChI=1S/C79H90N16O22/c96-69(25-51-107-53-55-109-72(99)90-43-47-94(48-44-90)78(105)112-63-11-1-57(2-12-63)71(98)111-62-21-23-68(24-22-62)117-75(102)89-33-29-81-30-34-89)86-37-41-93(42-38-86)77(104)115-66-17-7-60(8-18-66)84-85-61-9-19-67(20-10-61)116-79(106)95-49-45-91(46-50-95)73(100)110-56-54-108-52-26-70(97)87-35-39-92(40-36-87)76(103)114-65-15-5-59(6-16-65)83-82-58-3-13-64(14-4-58)113-74(101)88-31-27-80-28-32-88/h1-24,80-81H,25-56H2. The molecule has 6 saturated heterocycles. The van der Waals surface area contributed by atoms with Crippen LogP contribution in [0.5, 0.6) is 40.2 Å². The maximum absolute atomic E-state index is 13.1. The third kappa shape index (κ3) is 25.5. The van der Waals surface area contributed by atoms with Gasteiger partial charge in [-0.2, -0.15) is 20.5 Å². The fourth-order valence-corrected chi connectivity index (χ4v) is 12.5. The van der Waals surface area contributed by atoms with Crippen molar-refractivity contribution in [3.05, 3.63) is 151 Å². The number of nitrogens with one attached hydrogen (secondary N) is 2. The normalized spacial score (nSPS) is 16.0. The molecule has 0 aliphatic carbocycles. The molecule has 6 aromatic rings. The summed E-state index contributed by atoms with van der Waals surface area (Å²) in [7, 11) is 0. The van der Waals surface area contributed by atoms with Gasteiger partial charge in [0.25, 0.3) is 0 Å². The number of amides is 10. The summed E-state index contributed by atoms with van der Waals surface area (Å²) < 4.78 is 60.5. The predicted octanol–water partition coefficient (Wildman–Crippen LogP) is 8.55. The topological polar surface area (TPSA) is 395 Å². The smallest absolute Gasteiger partial charge is 0.415 e. The van der Waals surface area contributed by atoms with Crippen LogP contribution < -0.4 is 43.8 Å². The van der Waals surface area contributed by atoms with Crippen LogP contribution in [-0.2, 0) is 28.5 Å². The fourth-order valence-electron chi connectivity index (χ4n) is 12.5. The van der Waals surface area contributed by atoms with Crippen molar-refractivity contribution in [2.75, 3.05) is 197 Å². The summed E-state index contributed by atoms with van der Waals surface area (Å²) in [5, 5.41) is 23.3. The molecule has 38 nitrogen and oxygen atoms in total. The molecule has 117 heavy (non-hydrogen) atoms. The van der Waals surface area contributed by atoms with E-state index in [9.17, 15) is 52.7 Å². The number of esters is 1. The van der Waals surface area contributed by atoms with Crippen molar-refractivity contribution in [3.8, 4) is 40.2 Å². The second kappa shape index (κ2) is 42.3. The molecule has 2 N–H and O–H groups in total. The highest BCUT2D eigenvalue weighted by Gasteiger charge is 2.32. The van der Waals surface area contributed by atoms with Gasteiger partial charge in [0.1, 0.15) is 53.5 Å². The molecule has 10 amide bonds. The third-order valence-corrected chi connectivity index (χ3v) is 19.2. The van der Waals surface area contributed by atoms with Crippen LogP contribution in [0.4, 0.5) is 61.1 Å². The number of azo groups is 2. The first-order valence-electron chi connectivity index (χ1n) is 38.4. The summed E-state index contributed by atoms with van der Waals surface area (Å²) in [6.07, 6.45) is -4.15. The van der Waals surface area contributed by atoms with Gasteiger partial charge in [0.05, 0.1) is 67.6 Å². The number of ether oxygens (including phenoxy) is 11. The highest BCUT2D eigenvalue weighted by Crippen LogP contribution is 2.28. The predicted molar refractivity (Wildman–Crippen MR) is 413 cm³/mol. The van der Waals surface area contributed by atoms with Crippen LogP contribution in [0.15, 0.2) is 166 Å². The summed E-state index contributed by atoms with van der Waals surface area (Å²) in [5.74, 6) is 1.09. The van der Waals surface area contributed by atoms with Gasteiger partial charge >= 0.3 is 54.7 Å². The van der Waals surface area contributed by atoms with Crippen molar-refractivity contribution >= 4 is 89.3 Å². The molecular weight excluding hydrogens is 1520 g/mol. The van der Waals surface area contributed by atoms with Gasteiger partial charge in [-0.15, -0.1) is 0 Å². The summed E-state index contributed by atoms with van der Waals surface area (Å²) in [6, 6.07) is 38.0. The van der Waals surface area contributed by atoms with E-state index in [1.165, 1.54) is 77.9 Å². The highest BCUT2D eigenvalue weighted by molar-refractivity contribution is 5.91.